The summed E-state index contributed by atoms with van der Waals surface area (Å²) < 4.78 is 6.68. The lowest BCUT2D eigenvalue weighted by atomic mass is 9.87. The second kappa shape index (κ2) is 9.90. The SMILES string of the molecule is CC(C)(C)c1ccc(OCCCC(=O)N/N=C/c2cccc(Cl)c2)c(Br)c1. The van der Waals surface area contributed by atoms with Crippen LogP contribution in [0.4, 0.5) is 0 Å². The van der Waals surface area contributed by atoms with Crippen molar-refractivity contribution >= 4 is 39.7 Å². The molecule has 27 heavy (non-hydrogen) atoms. The minimum atomic E-state index is -0.154. The van der Waals surface area contributed by atoms with E-state index in [1.165, 1.54) is 5.56 Å². The van der Waals surface area contributed by atoms with E-state index in [1.54, 1.807) is 18.3 Å². The number of rotatable bonds is 7. The van der Waals surface area contributed by atoms with Crippen LogP contribution in [0.25, 0.3) is 0 Å². The van der Waals surface area contributed by atoms with Gasteiger partial charge < -0.3 is 4.74 Å². The number of carbonyl (C=O) groups excluding carboxylic acids is 1. The van der Waals surface area contributed by atoms with Crippen LogP contribution in [0.15, 0.2) is 52.0 Å². The number of nitrogens with zero attached hydrogens (tertiary/aromatic N) is 1. The maximum Gasteiger partial charge on any atom is 0.240 e. The summed E-state index contributed by atoms with van der Waals surface area (Å²) in [5, 5.41) is 4.56. The van der Waals surface area contributed by atoms with Gasteiger partial charge in [0.05, 0.1) is 17.3 Å². The summed E-state index contributed by atoms with van der Waals surface area (Å²) in [6, 6.07) is 13.3. The number of amides is 1. The van der Waals surface area contributed by atoms with E-state index in [9.17, 15) is 4.79 Å². The average Bonchev–Trinajstić information content (AvgIpc) is 2.59. The molecule has 0 atom stereocenters. The zero-order chi connectivity index (χ0) is 19.9. The minimum absolute atomic E-state index is 0.0880. The van der Waals surface area contributed by atoms with Gasteiger partial charge in [-0.2, -0.15) is 5.10 Å². The van der Waals surface area contributed by atoms with E-state index >= 15 is 0 Å². The first kappa shape index (κ1) is 21.5. The fourth-order valence-electron chi connectivity index (χ4n) is 2.32. The van der Waals surface area contributed by atoms with Crippen LogP contribution < -0.4 is 10.2 Å². The van der Waals surface area contributed by atoms with Gasteiger partial charge in [0.1, 0.15) is 5.75 Å². The fraction of sp³-hybridized carbons (Fsp3) is 0.333. The topological polar surface area (TPSA) is 50.7 Å². The van der Waals surface area contributed by atoms with Crippen molar-refractivity contribution in [3.63, 3.8) is 0 Å². The molecule has 0 bridgehead atoms. The number of ether oxygens (including phenoxy) is 1. The molecule has 0 aliphatic rings. The standard InChI is InChI=1S/C21H24BrClN2O2/c1-21(2,3)16-9-10-19(18(22)13-16)27-11-5-8-20(26)25-24-14-15-6-4-7-17(23)12-15/h4,6-7,9-10,12-14H,5,8,11H2,1-3H3,(H,25,26)/b24-14+. The Kier molecular flexibility index (Phi) is 7.87. The monoisotopic (exact) mass is 450 g/mol. The van der Waals surface area contributed by atoms with Gasteiger partial charge in [0.25, 0.3) is 0 Å². The van der Waals surface area contributed by atoms with Gasteiger partial charge in [0, 0.05) is 11.4 Å². The smallest absolute Gasteiger partial charge is 0.240 e. The first-order chi connectivity index (χ1) is 12.8. The molecule has 2 aromatic rings. The fourth-order valence-corrected chi connectivity index (χ4v) is 3.01. The highest BCUT2D eigenvalue weighted by molar-refractivity contribution is 9.10. The third-order valence-electron chi connectivity index (χ3n) is 3.86. The van der Waals surface area contributed by atoms with Crippen LogP contribution in [0.5, 0.6) is 5.75 Å². The van der Waals surface area contributed by atoms with Crippen molar-refractivity contribution < 1.29 is 9.53 Å². The number of hydrogen-bond donors (Lipinski definition) is 1. The summed E-state index contributed by atoms with van der Waals surface area (Å²) in [4.78, 5) is 11.8. The summed E-state index contributed by atoms with van der Waals surface area (Å²) in [5.41, 5.74) is 4.66. The van der Waals surface area contributed by atoms with Gasteiger partial charge in [-0.1, -0.05) is 50.6 Å². The van der Waals surface area contributed by atoms with E-state index in [-0.39, 0.29) is 11.3 Å². The molecule has 0 saturated carbocycles. The predicted octanol–water partition coefficient (Wildman–Crippen LogP) is 5.71. The molecular weight excluding hydrogens is 428 g/mol. The Bertz CT molecular complexity index is 816. The quantitative estimate of drug-likeness (QED) is 0.333. The van der Waals surface area contributed by atoms with Crippen molar-refractivity contribution in [3.05, 3.63) is 63.1 Å². The first-order valence-electron chi connectivity index (χ1n) is 8.76. The van der Waals surface area contributed by atoms with Gasteiger partial charge in [-0.05, 0) is 63.2 Å². The second-order valence-corrected chi connectivity index (χ2v) is 8.49. The molecule has 0 aliphatic heterocycles. The van der Waals surface area contributed by atoms with Crippen LogP contribution in [-0.4, -0.2) is 18.7 Å². The van der Waals surface area contributed by atoms with Crippen LogP contribution in [0.3, 0.4) is 0 Å². The normalized spacial score (nSPS) is 11.6. The average molecular weight is 452 g/mol. The Hall–Kier alpha value is -1.85. The molecule has 4 nitrogen and oxygen atoms in total. The van der Waals surface area contributed by atoms with Crippen molar-refractivity contribution in [2.45, 2.75) is 39.0 Å². The Morgan fingerprint density at radius 1 is 1.26 bits per heavy atom. The summed E-state index contributed by atoms with van der Waals surface area (Å²) in [6.45, 7) is 6.97. The van der Waals surface area contributed by atoms with Crippen molar-refractivity contribution in [3.8, 4) is 5.75 Å². The van der Waals surface area contributed by atoms with E-state index in [0.29, 0.717) is 24.5 Å². The molecule has 0 unspecified atom stereocenters. The van der Waals surface area contributed by atoms with Gasteiger partial charge in [-0.15, -0.1) is 0 Å². The molecule has 0 aliphatic carbocycles. The minimum Gasteiger partial charge on any atom is -0.492 e. The number of hydrogen-bond acceptors (Lipinski definition) is 3. The van der Waals surface area contributed by atoms with E-state index < -0.39 is 0 Å². The van der Waals surface area contributed by atoms with E-state index in [2.05, 4.69) is 59.4 Å². The van der Waals surface area contributed by atoms with Crippen LogP contribution in [0, 0.1) is 0 Å². The van der Waals surface area contributed by atoms with Crippen molar-refractivity contribution in [1.29, 1.82) is 0 Å². The summed E-state index contributed by atoms with van der Waals surface area (Å²) >= 11 is 9.45. The number of halogens is 2. The molecular formula is C21H24BrClN2O2. The van der Waals surface area contributed by atoms with Crippen LogP contribution >= 0.6 is 27.5 Å². The highest BCUT2D eigenvalue weighted by Gasteiger charge is 2.15. The molecule has 0 radical (unpaired) electrons. The summed E-state index contributed by atoms with van der Waals surface area (Å²) in [6.07, 6.45) is 2.50. The maximum atomic E-state index is 11.8. The first-order valence-corrected chi connectivity index (χ1v) is 9.93. The van der Waals surface area contributed by atoms with Crippen LogP contribution in [0.2, 0.25) is 5.02 Å². The zero-order valence-corrected chi connectivity index (χ0v) is 18.1. The number of carbonyl (C=O) groups is 1. The molecule has 144 valence electrons. The maximum absolute atomic E-state index is 11.8. The molecule has 6 heteroatoms. The lowest BCUT2D eigenvalue weighted by Crippen LogP contribution is -2.18. The summed E-state index contributed by atoms with van der Waals surface area (Å²) in [7, 11) is 0. The molecule has 0 fully saturated rings. The van der Waals surface area contributed by atoms with Gasteiger partial charge >= 0.3 is 0 Å². The highest BCUT2D eigenvalue weighted by atomic mass is 79.9. The Morgan fingerprint density at radius 3 is 2.70 bits per heavy atom. The lowest BCUT2D eigenvalue weighted by Gasteiger charge is -2.20. The molecule has 0 spiro atoms. The molecule has 0 heterocycles. The van der Waals surface area contributed by atoms with Crippen molar-refractivity contribution in [2.24, 2.45) is 5.10 Å². The van der Waals surface area contributed by atoms with Crippen molar-refractivity contribution in [2.75, 3.05) is 6.61 Å². The highest BCUT2D eigenvalue weighted by Crippen LogP contribution is 2.31. The molecule has 2 rings (SSSR count). The van der Waals surface area contributed by atoms with Gasteiger partial charge in [-0.3, -0.25) is 4.79 Å². The molecule has 0 saturated heterocycles. The second-order valence-electron chi connectivity index (χ2n) is 7.20. The van der Waals surface area contributed by atoms with E-state index in [0.717, 1.165) is 15.8 Å². The third kappa shape index (κ3) is 7.35. The Balaban J connectivity index is 1.72. The predicted molar refractivity (Wildman–Crippen MR) is 115 cm³/mol. The van der Waals surface area contributed by atoms with Gasteiger partial charge in [-0.25, -0.2) is 5.43 Å². The molecule has 1 amide bonds. The summed E-state index contributed by atoms with van der Waals surface area (Å²) in [5.74, 6) is 0.626. The Morgan fingerprint density at radius 2 is 2.04 bits per heavy atom. The number of hydrazone groups is 1. The number of benzene rings is 2. The molecule has 1 N–H and O–H groups in total. The van der Waals surface area contributed by atoms with Crippen LogP contribution in [-0.2, 0) is 10.2 Å². The largest absolute Gasteiger partial charge is 0.492 e. The Labute approximate surface area is 174 Å². The molecule has 0 aromatic heterocycles. The van der Waals surface area contributed by atoms with E-state index in [4.69, 9.17) is 16.3 Å². The molecule has 2 aromatic carbocycles. The van der Waals surface area contributed by atoms with Gasteiger partial charge in [0.15, 0.2) is 0 Å². The van der Waals surface area contributed by atoms with Crippen molar-refractivity contribution in [1.82, 2.24) is 5.43 Å². The number of nitrogens with one attached hydrogen (secondary N) is 1. The lowest BCUT2D eigenvalue weighted by molar-refractivity contribution is -0.121. The van der Waals surface area contributed by atoms with Gasteiger partial charge in [0.2, 0.25) is 5.91 Å². The van der Waals surface area contributed by atoms with E-state index in [1.807, 2.05) is 18.2 Å². The van der Waals surface area contributed by atoms with Crippen LogP contribution in [0.1, 0.15) is 44.7 Å². The zero-order valence-electron chi connectivity index (χ0n) is 15.8. The third-order valence-corrected chi connectivity index (χ3v) is 4.71.